The first-order valence-corrected chi connectivity index (χ1v) is 8.47. The summed E-state index contributed by atoms with van der Waals surface area (Å²) >= 11 is 0. The number of carbonyl (C=O) groups excluding carboxylic acids is 1. The Labute approximate surface area is 137 Å². The van der Waals surface area contributed by atoms with Crippen molar-refractivity contribution in [2.75, 3.05) is 33.3 Å². The van der Waals surface area contributed by atoms with Crippen LogP contribution in [0.15, 0.2) is 24.3 Å². The predicted octanol–water partition coefficient (Wildman–Crippen LogP) is 1.50. The first kappa shape index (κ1) is 16.4. The van der Waals surface area contributed by atoms with Crippen LogP contribution in [0, 0.1) is 0 Å². The molecule has 2 aliphatic heterocycles. The van der Waals surface area contributed by atoms with E-state index in [1.54, 1.807) is 13.2 Å². The molecule has 3 rings (SSSR count). The van der Waals surface area contributed by atoms with E-state index in [0.717, 1.165) is 31.6 Å². The lowest BCUT2D eigenvalue weighted by molar-refractivity contribution is 0.0670. The van der Waals surface area contributed by atoms with Gasteiger partial charge in [0.2, 0.25) is 0 Å². The minimum absolute atomic E-state index is 0.0426. The summed E-state index contributed by atoms with van der Waals surface area (Å²) in [6.07, 6.45) is 3.53. The number of aliphatic hydroxyl groups excluding tert-OH is 1. The van der Waals surface area contributed by atoms with Crippen LogP contribution in [0.5, 0.6) is 0 Å². The first-order chi connectivity index (χ1) is 11.2. The van der Waals surface area contributed by atoms with Gasteiger partial charge in [-0.15, -0.1) is 0 Å². The van der Waals surface area contributed by atoms with Gasteiger partial charge < -0.3 is 19.6 Å². The lowest BCUT2D eigenvalue weighted by Crippen LogP contribution is -2.42. The summed E-state index contributed by atoms with van der Waals surface area (Å²) in [5.41, 5.74) is 1.43. The van der Waals surface area contributed by atoms with Gasteiger partial charge in [-0.2, -0.15) is 0 Å². The minimum Gasteiger partial charge on any atom is -0.392 e. The smallest absolute Gasteiger partial charge is 0.254 e. The number of hydrogen-bond acceptors (Lipinski definition) is 4. The third-order valence-electron chi connectivity index (χ3n) is 4.99. The number of benzene rings is 1. The van der Waals surface area contributed by atoms with Gasteiger partial charge in [0, 0.05) is 31.8 Å². The van der Waals surface area contributed by atoms with Gasteiger partial charge in [0.1, 0.15) is 0 Å². The van der Waals surface area contributed by atoms with Crippen LogP contribution in [0.25, 0.3) is 0 Å². The van der Waals surface area contributed by atoms with Crippen LogP contribution in [0.3, 0.4) is 0 Å². The van der Waals surface area contributed by atoms with E-state index in [2.05, 4.69) is 4.90 Å². The second-order valence-corrected chi connectivity index (χ2v) is 6.57. The lowest BCUT2D eigenvalue weighted by atomic mass is 10.1. The SMILES string of the molecule is CO[C@H]1C[C@@H](CN2CCCC2)N(C(=O)c2cccc(CO)c2)C1. The number of ether oxygens (including phenoxy) is 1. The number of rotatable bonds is 5. The zero-order valence-electron chi connectivity index (χ0n) is 13.8. The second kappa shape index (κ2) is 7.43. The molecule has 0 spiro atoms. The van der Waals surface area contributed by atoms with Crippen molar-refractivity contribution in [2.24, 2.45) is 0 Å². The molecule has 2 aliphatic rings. The molecular formula is C18H26N2O3. The van der Waals surface area contributed by atoms with Gasteiger partial charge in [-0.1, -0.05) is 12.1 Å². The highest BCUT2D eigenvalue weighted by Gasteiger charge is 2.37. The molecule has 1 aromatic rings. The molecule has 1 aromatic carbocycles. The number of likely N-dealkylation sites (tertiary alicyclic amines) is 2. The summed E-state index contributed by atoms with van der Waals surface area (Å²) in [6.45, 7) is 3.81. The molecule has 126 valence electrons. The van der Waals surface area contributed by atoms with Crippen molar-refractivity contribution in [3.8, 4) is 0 Å². The van der Waals surface area contributed by atoms with E-state index < -0.39 is 0 Å². The monoisotopic (exact) mass is 318 g/mol. The van der Waals surface area contributed by atoms with Crippen molar-refractivity contribution in [3.05, 3.63) is 35.4 Å². The Kier molecular flexibility index (Phi) is 5.30. The molecule has 0 unspecified atom stereocenters. The Balaban J connectivity index is 1.74. The zero-order valence-corrected chi connectivity index (χ0v) is 13.8. The van der Waals surface area contributed by atoms with Crippen LogP contribution in [-0.2, 0) is 11.3 Å². The van der Waals surface area contributed by atoms with Gasteiger partial charge in [0.25, 0.3) is 5.91 Å². The fourth-order valence-electron chi connectivity index (χ4n) is 3.70. The number of aliphatic hydroxyl groups is 1. The maximum absolute atomic E-state index is 12.9. The normalized spacial score (nSPS) is 25.2. The molecule has 0 aromatic heterocycles. The molecule has 0 saturated carbocycles. The van der Waals surface area contributed by atoms with Crippen LogP contribution in [0.2, 0.25) is 0 Å². The van der Waals surface area contributed by atoms with E-state index in [4.69, 9.17) is 4.74 Å². The molecule has 0 radical (unpaired) electrons. The van der Waals surface area contributed by atoms with E-state index in [1.807, 2.05) is 23.1 Å². The molecule has 0 aliphatic carbocycles. The minimum atomic E-state index is -0.0426. The van der Waals surface area contributed by atoms with Crippen molar-refractivity contribution in [3.63, 3.8) is 0 Å². The number of methoxy groups -OCH3 is 1. The van der Waals surface area contributed by atoms with Gasteiger partial charge in [0.05, 0.1) is 12.7 Å². The molecular weight excluding hydrogens is 292 g/mol. The van der Waals surface area contributed by atoms with E-state index in [9.17, 15) is 9.90 Å². The molecule has 23 heavy (non-hydrogen) atoms. The summed E-state index contributed by atoms with van der Waals surface area (Å²) in [7, 11) is 1.72. The van der Waals surface area contributed by atoms with E-state index in [0.29, 0.717) is 12.1 Å². The van der Waals surface area contributed by atoms with Gasteiger partial charge in [0.15, 0.2) is 0 Å². The lowest BCUT2D eigenvalue weighted by Gasteiger charge is -2.28. The van der Waals surface area contributed by atoms with E-state index >= 15 is 0 Å². The summed E-state index contributed by atoms with van der Waals surface area (Å²) in [5.74, 6) is 0.0454. The molecule has 5 heteroatoms. The fourth-order valence-corrected chi connectivity index (χ4v) is 3.70. The highest BCUT2D eigenvalue weighted by molar-refractivity contribution is 5.94. The Morgan fingerprint density at radius 2 is 2.13 bits per heavy atom. The standard InChI is InChI=1S/C18H26N2O3/c1-23-17-10-16(11-19-7-2-3-8-19)20(12-17)18(22)15-6-4-5-14(9-15)13-21/h4-6,9,16-17,21H,2-3,7-8,10-13H2,1H3/t16-,17-/m0/s1. The molecule has 0 bridgehead atoms. The third-order valence-corrected chi connectivity index (χ3v) is 4.99. The van der Waals surface area contributed by atoms with Crippen LogP contribution in [-0.4, -0.2) is 66.2 Å². The van der Waals surface area contributed by atoms with Crippen molar-refractivity contribution >= 4 is 5.91 Å². The van der Waals surface area contributed by atoms with Crippen LogP contribution < -0.4 is 0 Å². The fraction of sp³-hybridized carbons (Fsp3) is 0.611. The number of carbonyl (C=O) groups is 1. The van der Waals surface area contributed by atoms with E-state index in [1.165, 1.54) is 12.8 Å². The maximum atomic E-state index is 12.9. The number of hydrogen-bond donors (Lipinski definition) is 1. The Bertz CT molecular complexity index is 543. The van der Waals surface area contributed by atoms with Crippen LogP contribution in [0.1, 0.15) is 35.2 Å². The van der Waals surface area contributed by atoms with Gasteiger partial charge in [-0.25, -0.2) is 0 Å². The third kappa shape index (κ3) is 3.74. The molecule has 2 atom stereocenters. The maximum Gasteiger partial charge on any atom is 0.254 e. The van der Waals surface area contributed by atoms with Crippen molar-refractivity contribution < 1.29 is 14.6 Å². The highest BCUT2D eigenvalue weighted by atomic mass is 16.5. The molecule has 2 fully saturated rings. The van der Waals surface area contributed by atoms with Crippen LogP contribution in [0.4, 0.5) is 0 Å². The summed E-state index contributed by atoms with van der Waals surface area (Å²) in [4.78, 5) is 17.3. The van der Waals surface area contributed by atoms with Gasteiger partial charge >= 0.3 is 0 Å². The zero-order chi connectivity index (χ0) is 16.2. The Morgan fingerprint density at radius 1 is 1.35 bits per heavy atom. The predicted molar refractivity (Wildman–Crippen MR) is 88.3 cm³/mol. The summed E-state index contributed by atoms with van der Waals surface area (Å²) in [5, 5.41) is 9.28. The summed E-state index contributed by atoms with van der Waals surface area (Å²) < 4.78 is 5.51. The van der Waals surface area contributed by atoms with Crippen molar-refractivity contribution in [2.45, 2.75) is 38.0 Å². The average Bonchev–Trinajstić information content (AvgIpc) is 3.24. The topological polar surface area (TPSA) is 53.0 Å². The second-order valence-electron chi connectivity index (χ2n) is 6.57. The average molecular weight is 318 g/mol. The van der Waals surface area contributed by atoms with E-state index in [-0.39, 0.29) is 24.7 Å². The first-order valence-electron chi connectivity index (χ1n) is 8.47. The van der Waals surface area contributed by atoms with Crippen molar-refractivity contribution in [1.82, 2.24) is 9.80 Å². The molecule has 5 nitrogen and oxygen atoms in total. The molecule has 2 saturated heterocycles. The Morgan fingerprint density at radius 3 is 2.83 bits per heavy atom. The number of amides is 1. The number of nitrogens with zero attached hydrogens (tertiary/aromatic N) is 2. The molecule has 2 heterocycles. The molecule has 1 amide bonds. The van der Waals surface area contributed by atoms with Crippen molar-refractivity contribution in [1.29, 1.82) is 0 Å². The molecule has 1 N–H and O–H groups in total. The largest absolute Gasteiger partial charge is 0.392 e. The summed E-state index contributed by atoms with van der Waals surface area (Å²) in [6, 6.07) is 7.49. The van der Waals surface area contributed by atoms with Gasteiger partial charge in [-0.3, -0.25) is 4.79 Å². The Hall–Kier alpha value is -1.43. The quantitative estimate of drug-likeness (QED) is 0.894. The van der Waals surface area contributed by atoms with Crippen LogP contribution >= 0.6 is 0 Å². The highest BCUT2D eigenvalue weighted by Crippen LogP contribution is 2.24. The van der Waals surface area contributed by atoms with Gasteiger partial charge in [-0.05, 0) is 50.0 Å².